The van der Waals surface area contributed by atoms with E-state index in [4.69, 9.17) is 23.9 Å². The predicted octanol–water partition coefficient (Wildman–Crippen LogP) is 6.20. The maximum atomic E-state index is 13.2. The first-order chi connectivity index (χ1) is 18.9. The second-order valence-electron chi connectivity index (χ2n) is 9.02. The molecule has 0 aliphatic rings. The minimum absolute atomic E-state index is 0.0866. The van der Waals surface area contributed by atoms with Gasteiger partial charge in [-0.2, -0.15) is 0 Å². The third-order valence-electron chi connectivity index (χ3n) is 6.60. The summed E-state index contributed by atoms with van der Waals surface area (Å²) in [6.45, 7) is 5.19. The minimum Gasteiger partial charge on any atom is -0.497 e. The third kappa shape index (κ3) is 6.04. The van der Waals surface area contributed by atoms with Crippen molar-refractivity contribution in [2.75, 3.05) is 35.0 Å². The molecule has 39 heavy (non-hydrogen) atoms. The maximum Gasteiger partial charge on any atom is 0.253 e. The standard InChI is InChI=1S/C30H35N3O5S/c1-7-8-13-31-29(34)23-16-25(24-18-39-30(32-24)21-9-11-22(35-3)12-10-21)33(19(23)2)17-20-14-26(36-4)28(38-6)27(15-20)37-5/h9-12,14-16,18H,7-8,13,17H2,1-6H3,(H,31,34). The van der Waals surface area contributed by atoms with Crippen LogP contribution < -0.4 is 24.3 Å². The number of ether oxygens (including phenoxy) is 4. The van der Waals surface area contributed by atoms with Gasteiger partial charge in [-0.3, -0.25) is 4.79 Å². The highest BCUT2D eigenvalue weighted by atomic mass is 32.1. The van der Waals surface area contributed by atoms with E-state index in [-0.39, 0.29) is 5.91 Å². The van der Waals surface area contributed by atoms with Crippen LogP contribution in [0.15, 0.2) is 47.8 Å². The summed E-state index contributed by atoms with van der Waals surface area (Å²) < 4.78 is 24.0. The Hall–Kier alpha value is -3.98. The van der Waals surface area contributed by atoms with Crippen LogP contribution in [-0.2, 0) is 6.54 Å². The average molecular weight is 550 g/mol. The second kappa shape index (κ2) is 12.7. The molecule has 2 aromatic heterocycles. The Labute approximate surface area is 233 Å². The van der Waals surface area contributed by atoms with Gasteiger partial charge in [0.2, 0.25) is 5.75 Å². The molecule has 2 heterocycles. The van der Waals surface area contributed by atoms with Crippen LogP contribution in [0.25, 0.3) is 22.0 Å². The van der Waals surface area contributed by atoms with Crippen LogP contribution in [-0.4, -0.2) is 50.4 Å². The van der Waals surface area contributed by atoms with Crippen molar-refractivity contribution in [1.29, 1.82) is 0 Å². The van der Waals surface area contributed by atoms with Crippen LogP contribution in [0, 0.1) is 6.92 Å². The Bertz CT molecular complexity index is 1400. The molecule has 4 rings (SSSR count). The largest absolute Gasteiger partial charge is 0.497 e. The monoisotopic (exact) mass is 549 g/mol. The van der Waals surface area contributed by atoms with Crippen molar-refractivity contribution in [3.63, 3.8) is 0 Å². The van der Waals surface area contributed by atoms with Gasteiger partial charge in [-0.1, -0.05) is 13.3 Å². The van der Waals surface area contributed by atoms with Gasteiger partial charge in [-0.25, -0.2) is 4.98 Å². The van der Waals surface area contributed by atoms with Gasteiger partial charge in [0, 0.05) is 29.7 Å². The van der Waals surface area contributed by atoms with E-state index in [0.29, 0.717) is 35.9 Å². The Balaban J connectivity index is 1.77. The first kappa shape index (κ1) is 28.0. The van der Waals surface area contributed by atoms with Gasteiger partial charge in [0.05, 0.1) is 45.4 Å². The highest BCUT2D eigenvalue weighted by molar-refractivity contribution is 7.13. The zero-order valence-electron chi connectivity index (χ0n) is 23.3. The van der Waals surface area contributed by atoms with Gasteiger partial charge in [-0.15, -0.1) is 11.3 Å². The lowest BCUT2D eigenvalue weighted by Crippen LogP contribution is -2.24. The number of unbranched alkanes of at least 4 members (excludes halogenated alkanes) is 1. The van der Waals surface area contributed by atoms with E-state index >= 15 is 0 Å². The number of thiazole rings is 1. The van der Waals surface area contributed by atoms with Crippen molar-refractivity contribution < 1.29 is 23.7 Å². The van der Waals surface area contributed by atoms with Gasteiger partial charge in [0.15, 0.2) is 11.5 Å². The number of nitrogens with one attached hydrogen (secondary N) is 1. The van der Waals surface area contributed by atoms with E-state index in [1.165, 1.54) is 0 Å². The SMILES string of the molecule is CCCCNC(=O)c1cc(-c2csc(-c3ccc(OC)cc3)n2)n(Cc2cc(OC)c(OC)c(OC)c2)c1C. The Morgan fingerprint density at radius 3 is 2.26 bits per heavy atom. The molecule has 0 spiro atoms. The molecule has 4 aromatic rings. The van der Waals surface area contributed by atoms with E-state index in [1.54, 1.807) is 39.8 Å². The van der Waals surface area contributed by atoms with Crippen molar-refractivity contribution in [3.05, 3.63) is 64.7 Å². The first-order valence-electron chi connectivity index (χ1n) is 12.8. The molecule has 1 amide bonds. The molecule has 0 aliphatic carbocycles. The number of carbonyl (C=O) groups excluding carboxylic acids is 1. The molecule has 8 nitrogen and oxygen atoms in total. The number of nitrogens with zero attached hydrogens (tertiary/aromatic N) is 2. The van der Waals surface area contributed by atoms with Crippen molar-refractivity contribution in [2.45, 2.75) is 33.2 Å². The first-order valence-corrected chi connectivity index (χ1v) is 13.7. The molecule has 0 fully saturated rings. The molecule has 0 atom stereocenters. The molecule has 2 aromatic carbocycles. The Morgan fingerprint density at radius 2 is 1.67 bits per heavy atom. The van der Waals surface area contributed by atoms with Crippen LogP contribution >= 0.6 is 11.3 Å². The lowest BCUT2D eigenvalue weighted by Gasteiger charge is -2.16. The average Bonchev–Trinajstić information content (AvgIpc) is 3.57. The van der Waals surface area contributed by atoms with Gasteiger partial charge in [0.1, 0.15) is 10.8 Å². The fourth-order valence-electron chi connectivity index (χ4n) is 4.43. The molecule has 1 N–H and O–H groups in total. The van der Waals surface area contributed by atoms with Gasteiger partial charge in [-0.05, 0) is 61.4 Å². The summed E-state index contributed by atoms with van der Waals surface area (Å²) in [6.07, 6.45) is 1.95. The van der Waals surface area contributed by atoms with Gasteiger partial charge < -0.3 is 28.8 Å². The highest BCUT2D eigenvalue weighted by Gasteiger charge is 2.22. The molecule has 0 bridgehead atoms. The number of amides is 1. The lowest BCUT2D eigenvalue weighted by atomic mass is 10.1. The molecular weight excluding hydrogens is 514 g/mol. The van der Waals surface area contributed by atoms with Crippen molar-refractivity contribution >= 4 is 17.2 Å². The summed E-state index contributed by atoms with van der Waals surface area (Å²) in [7, 11) is 6.43. The van der Waals surface area contributed by atoms with Crippen LogP contribution in [0.4, 0.5) is 0 Å². The van der Waals surface area contributed by atoms with Crippen LogP contribution in [0.2, 0.25) is 0 Å². The lowest BCUT2D eigenvalue weighted by molar-refractivity contribution is 0.0952. The highest BCUT2D eigenvalue weighted by Crippen LogP contribution is 2.39. The molecule has 0 unspecified atom stereocenters. The number of aromatic nitrogens is 2. The van der Waals surface area contributed by atoms with Crippen LogP contribution in [0.3, 0.4) is 0 Å². The van der Waals surface area contributed by atoms with Gasteiger partial charge in [0.25, 0.3) is 5.91 Å². The fraction of sp³-hybridized carbons (Fsp3) is 0.333. The quantitative estimate of drug-likeness (QED) is 0.212. The molecule has 206 valence electrons. The van der Waals surface area contributed by atoms with Crippen LogP contribution in [0.5, 0.6) is 23.0 Å². The molecule has 0 saturated carbocycles. The zero-order valence-corrected chi connectivity index (χ0v) is 24.1. The summed E-state index contributed by atoms with van der Waals surface area (Å²) in [5.74, 6) is 2.39. The fourth-order valence-corrected chi connectivity index (χ4v) is 5.25. The second-order valence-corrected chi connectivity index (χ2v) is 9.88. The molecule has 0 aliphatic heterocycles. The van der Waals surface area contributed by atoms with Gasteiger partial charge >= 0.3 is 0 Å². The number of hydrogen-bond acceptors (Lipinski definition) is 7. The van der Waals surface area contributed by atoms with E-state index < -0.39 is 0 Å². The number of methoxy groups -OCH3 is 4. The number of carbonyl (C=O) groups is 1. The topological polar surface area (TPSA) is 83.8 Å². The van der Waals surface area contributed by atoms with E-state index in [0.717, 1.165) is 51.8 Å². The predicted molar refractivity (Wildman–Crippen MR) is 155 cm³/mol. The number of benzene rings is 2. The normalized spacial score (nSPS) is 10.8. The van der Waals surface area contributed by atoms with E-state index in [2.05, 4.69) is 16.8 Å². The number of hydrogen-bond donors (Lipinski definition) is 1. The Kier molecular flexibility index (Phi) is 9.14. The molecular formula is C30H35N3O5S. The minimum atomic E-state index is -0.0866. The smallest absolute Gasteiger partial charge is 0.253 e. The zero-order chi connectivity index (χ0) is 27.9. The van der Waals surface area contributed by atoms with E-state index in [9.17, 15) is 4.79 Å². The summed E-state index contributed by atoms with van der Waals surface area (Å²) in [4.78, 5) is 18.1. The third-order valence-corrected chi connectivity index (χ3v) is 7.49. The van der Waals surface area contributed by atoms with E-state index in [1.807, 2.05) is 54.8 Å². The van der Waals surface area contributed by atoms with Crippen LogP contribution in [0.1, 0.15) is 41.4 Å². The summed E-state index contributed by atoms with van der Waals surface area (Å²) >= 11 is 1.56. The van der Waals surface area contributed by atoms with Crippen molar-refractivity contribution in [3.8, 4) is 45.0 Å². The molecule has 0 radical (unpaired) electrons. The summed E-state index contributed by atoms with van der Waals surface area (Å²) in [5, 5.41) is 5.97. The summed E-state index contributed by atoms with van der Waals surface area (Å²) in [6, 6.07) is 13.6. The summed E-state index contributed by atoms with van der Waals surface area (Å²) in [5.41, 5.74) is 5.09. The molecule has 0 saturated heterocycles. The maximum absolute atomic E-state index is 13.2. The van der Waals surface area contributed by atoms with Crippen molar-refractivity contribution in [1.82, 2.24) is 14.9 Å². The Morgan fingerprint density at radius 1 is 0.974 bits per heavy atom. The molecule has 9 heteroatoms. The number of rotatable bonds is 12. The van der Waals surface area contributed by atoms with Crippen molar-refractivity contribution in [2.24, 2.45) is 0 Å².